The van der Waals surface area contributed by atoms with Gasteiger partial charge in [-0.25, -0.2) is 48.0 Å². The van der Waals surface area contributed by atoms with Gasteiger partial charge in [-0.15, -0.1) is 0 Å². The molecular formula is C44H57N17O28P4. The van der Waals surface area contributed by atoms with E-state index in [4.69, 9.17) is 91.3 Å². The van der Waals surface area contributed by atoms with Crippen LogP contribution in [-0.4, -0.2) is 209 Å². The molecular weight excluding hydrogens is 1340 g/mol. The van der Waals surface area contributed by atoms with Gasteiger partial charge in [-0.05, 0) is 13.8 Å². The van der Waals surface area contributed by atoms with Gasteiger partial charge in [-0.3, -0.25) is 83.8 Å². The van der Waals surface area contributed by atoms with Crippen LogP contribution in [0.15, 0.2) is 50.7 Å². The van der Waals surface area contributed by atoms with E-state index in [-0.39, 0.29) is 57.8 Å². The Morgan fingerprint density at radius 2 is 1.13 bits per heavy atom. The quantitative estimate of drug-likeness (QED) is 0.0363. The molecule has 0 spiro atoms. The SMILES string of the molecule is CCOP(=O)(O)OC1C(OC)[C@H](n2cnc3c(=O)[nH]c(N)nc32)O[C@@H]1COP(=O)(O)OC1C(OC)[C@H]2O[C@@H]1COP(=O)(O)OC1[C@@H](COP(=O)(O)OC3C(OC)[C@H](n4cnc5c(=O)[nH]c(N)nc54)O[C@@H]3C)O[C@@H](n3cnc4c(N)ncnc43)[C@H]1Oc1cn2c(=O)[nH]c1=O. The number of aromatic nitrogens is 14. The lowest BCUT2D eigenvalue weighted by atomic mass is 10.1. The first-order chi connectivity index (χ1) is 44.1. The molecule has 12 heterocycles. The average Bonchev–Trinajstić information content (AvgIpc) is 1.64. The Morgan fingerprint density at radius 1 is 0.613 bits per heavy atom. The number of H-pyrrole nitrogens is 3. The van der Waals surface area contributed by atoms with Crippen LogP contribution in [0.3, 0.4) is 0 Å². The van der Waals surface area contributed by atoms with Crippen LogP contribution in [0.25, 0.3) is 33.5 Å². The molecule has 0 radical (unpaired) electrons. The standard InChI is InChI=1S/C44H57N17O28P4/c1-6-77-90(66,67)87-25-18(84-40(29(25)76-5)61-14-52-22-34(61)54-43(47)56-37(22)64)9-79-92(70,71)88-24-17-8-80-93(72,73)89-26-19(10-78-91(68,69)86-23-15(2)81-39(27(23)74-3)60-13-51-21-33(60)53-42(46)55-36(21)63)85-41(59-12-50-20-31(45)48-11-49-32(20)59)30(26)82-16-7-58(44(65)57-35(16)62)38(83-17)28(24)75-4/h7,11-15,17-19,23-30,38-41H,6,8-10H2,1-5H3,(H,66,67)(H,68,69)(H,70,71)(H,72,73)(H2,45,48,49)(H,57,62,65)(H3,46,53,55,63)(H3,47,54,56,64)/t15-,17-,18-,19-,23?,24?,25?,26?,27?,28?,29?,30+,38-,39-,40-,41-/m1/s1. The Labute approximate surface area is 516 Å². The normalized spacial score (nSPS) is 32.6. The lowest BCUT2D eigenvalue weighted by Gasteiger charge is -2.29. The number of rotatable bonds is 20. The van der Waals surface area contributed by atoms with Crippen molar-refractivity contribution in [3.8, 4) is 5.75 Å². The summed E-state index contributed by atoms with van der Waals surface area (Å²) in [7, 11) is -18.2. The summed E-state index contributed by atoms with van der Waals surface area (Å²) in [5.74, 6) is -1.49. The van der Waals surface area contributed by atoms with Gasteiger partial charge >= 0.3 is 37.0 Å². The number of nitrogens with one attached hydrogen (secondary N) is 3. The molecule has 13 N–H and O–H groups in total. The number of aromatic amines is 3. The van der Waals surface area contributed by atoms with E-state index in [2.05, 4.69) is 49.8 Å². The lowest BCUT2D eigenvalue weighted by molar-refractivity contribution is -0.0672. The molecule has 93 heavy (non-hydrogen) atoms. The third-order valence-corrected chi connectivity index (χ3v) is 19.2. The van der Waals surface area contributed by atoms with E-state index in [0.717, 1.165) is 39.4 Å². The third kappa shape index (κ3) is 12.9. The van der Waals surface area contributed by atoms with E-state index < -0.39 is 177 Å². The highest BCUT2D eigenvalue weighted by atomic mass is 31.2. The van der Waals surface area contributed by atoms with E-state index >= 15 is 0 Å². The Balaban J connectivity index is 0.831. The second kappa shape index (κ2) is 25.5. The molecule has 0 amide bonds. The fraction of sp³-hybridized carbons (Fsp3) is 0.568. The van der Waals surface area contributed by atoms with Crippen molar-refractivity contribution >= 4 is 82.5 Å². The Hall–Kier alpha value is -6.71. The van der Waals surface area contributed by atoms with Crippen LogP contribution in [0.4, 0.5) is 17.7 Å². The molecule has 0 aromatic carbocycles. The van der Waals surface area contributed by atoms with Gasteiger partial charge in [0.25, 0.3) is 16.7 Å². The zero-order chi connectivity index (χ0) is 66.4. The fourth-order valence-electron chi connectivity index (χ4n) is 11.2. The number of phosphoric ester groups is 4. The second-order valence-electron chi connectivity index (χ2n) is 20.9. The van der Waals surface area contributed by atoms with E-state index in [0.29, 0.717) is 4.57 Å². The first-order valence-corrected chi connectivity index (χ1v) is 33.3. The minimum absolute atomic E-state index is 0.00169. The van der Waals surface area contributed by atoms with Crippen molar-refractivity contribution < 1.29 is 112 Å². The van der Waals surface area contributed by atoms with Crippen LogP contribution < -0.4 is 44.3 Å². The van der Waals surface area contributed by atoms with E-state index in [1.807, 2.05) is 0 Å². The van der Waals surface area contributed by atoms with Gasteiger partial charge in [-0.1, -0.05) is 0 Å². The van der Waals surface area contributed by atoms with Gasteiger partial charge < -0.3 is 74.7 Å². The van der Waals surface area contributed by atoms with E-state index in [9.17, 15) is 57.0 Å². The number of nitrogens with zero attached hydrogens (tertiary/aromatic N) is 11. The molecule has 7 aromatic heterocycles. The predicted octanol–water partition coefficient (Wildman–Crippen LogP) is -2.17. The summed E-state index contributed by atoms with van der Waals surface area (Å²) >= 11 is 0. The molecule has 4 fully saturated rings. The van der Waals surface area contributed by atoms with Crippen LogP contribution in [-0.2, 0) is 87.6 Å². The van der Waals surface area contributed by atoms with Crippen LogP contribution in [0.5, 0.6) is 5.75 Å². The molecule has 20 atom stereocenters. The molecule has 12 rings (SSSR count). The Kier molecular flexibility index (Phi) is 18.2. The van der Waals surface area contributed by atoms with Gasteiger partial charge in [0.05, 0.1) is 57.7 Å². The summed E-state index contributed by atoms with van der Waals surface area (Å²) in [6, 6.07) is 0. The number of nitrogens with two attached hydrogens (primary N) is 3. The highest BCUT2D eigenvalue weighted by molar-refractivity contribution is 7.48. The molecule has 4 bridgehead atoms. The van der Waals surface area contributed by atoms with Crippen molar-refractivity contribution in [1.29, 1.82) is 0 Å². The highest BCUT2D eigenvalue weighted by Gasteiger charge is 2.57. The van der Waals surface area contributed by atoms with Crippen LogP contribution in [0, 0.1) is 0 Å². The third-order valence-electron chi connectivity index (χ3n) is 15.2. The number of anilines is 3. The molecule has 0 aliphatic carbocycles. The van der Waals surface area contributed by atoms with Gasteiger partial charge in [0, 0.05) is 21.3 Å². The number of hydrogen-bond acceptors (Lipinski definition) is 34. The van der Waals surface area contributed by atoms with Gasteiger partial charge in [0.1, 0.15) is 72.9 Å². The number of methoxy groups -OCH3 is 3. The fourth-order valence-corrected chi connectivity index (χ4v) is 15.1. The summed E-state index contributed by atoms with van der Waals surface area (Å²) in [5.41, 5.74) is 13.3. The molecule has 4 saturated heterocycles. The maximum atomic E-state index is 14.5. The van der Waals surface area contributed by atoms with E-state index in [1.54, 1.807) is 0 Å². The Bertz CT molecular complexity index is 4430. The van der Waals surface area contributed by atoms with Crippen molar-refractivity contribution in [2.75, 3.05) is 65.0 Å². The predicted molar refractivity (Wildman–Crippen MR) is 303 cm³/mol. The van der Waals surface area contributed by atoms with Crippen molar-refractivity contribution in [2.24, 2.45) is 0 Å². The molecule has 7 aromatic rings. The zero-order valence-electron chi connectivity index (χ0n) is 48.5. The maximum absolute atomic E-state index is 14.5. The van der Waals surface area contributed by atoms with Gasteiger partial charge in [0.2, 0.25) is 17.6 Å². The minimum Gasteiger partial charge on any atom is -0.476 e. The minimum atomic E-state index is -5.69. The number of fused-ring (bicyclic) bond motifs is 9. The Morgan fingerprint density at radius 3 is 1.74 bits per heavy atom. The van der Waals surface area contributed by atoms with E-state index in [1.165, 1.54) is 41.0 Å². The van der Waals surface area contributed by atoms with Crippen molar-refractivity contribution in [2.45, 2.75) is 112 Å². The van der Waals surface area contributed by atoms with Crippen LogP contribution in [0.2, 0.25) is 0 Å². The molecule has 11 unspecified atom stereocenters. The summed E-state index contributed by atoms with van der Waals surface area (Å²) in [4.78, 5) is 134. The first-order valence-electron chi connectivity index (χ1n) is 27.3. The summed E-state index contributed by atoms with van der Waals surface area (Å²) in [6.45, 7) is -0.762. The largest absolute Gasteiger partial charge is 0.476 e. The summed E-state index contributed by atoms with van der Waals surface area (Å²) in [6.07, 6.45) is -20.7. The highest BCUT2D eigenvalue weighted by Crippen LogP contribution is 2.56. The van der Waals surface area contributed by atoms with Crippen molar-refractivity contribution in [1.82, 2.24) is 68.1 Å². The zero-order valence-corrected chi connectivity index (χ0v) is 52.1. The number of phosphoric acid groups is 4. The smallest absolute Gasteiger partial charge is 0.472 e. The molecule has 506 valence electrons. The lowest BCUT2D eigenvalue weighted by Crippen LogP contribution is -2.43. The molecule has 5 aliphatic heterocycles. The molecule has 49 heteroatoms. The molecule has 0 saturated carbocycles. The van der Waals surface area contributed by atoms with Crippen molar-refractivity contribution in [3.05, 3.63) is 73.1 Å². The monoisotopic (exact) mass is 1400 g/mol. The van der Waals surface area contributed by atoms with Crippen LogP contribution in [0.1, 0.15) is 38.8 Å². The first kappa shape index (κ1) is 66.3. The summed E-state index contributed by atoms with van der Waals surface area (Å²) in [5, 5.41) is 0. The topological polar surface area (TPSA) is 601 Å². The maximum Gasteiger partial charge on any atom is 0.472 e. The number of nitrogen functional groups attached to an aromatic ring is 3. The van der Waals surface area contributed by atoms with Crippen LogP contribution >= 0.6 is 31.3 Å². The number of imidazole rings is 3. The average molecular weight is 1400 g/mol. The molecule has 45 nitrogen and oxygen atoms in total. The summed E-state index contributed by atoms with van der Waals surface area (Å²) < 4.78 is 152. The second-order valence-corrected chi connectivity index (χ2v) is 26.5. The number of hydrogen-bond donors (Lipinski definition) is 10. The number of ether oxygens (including phenoxy) is 8. The van der Waals surface area contributed by atoms with Gasteiger partial charge in [-0.2, -0.15) is 9.97 Å². The van der Waals surface area contributed by atoms with Gasteiger partial charge in [0.15, 0.2) is 64.8 Å². The van der Waals surface area contributed by atoms with Crippen molar-refractivity contribution in [3.63, 3.8) is 0 Å². The molecule has 5 aliphatic rings.